The zero-order valence-corrected chi connectivity index (χ0v) is 44.1. The van der Waals surface area contributed by atoms with Crippen molar-refractivity contribution in [3.8, 4) is 94.8 Å². The van der Waals surface area contributed by atoms with Gasteiger partial charge in [-0.3, -0.25) is 0 Å². The standard InChI is InChI=1S/C80H48O/c81-80-31-15-30-62-46-78-76-44-60-28-12-11-26-58(60)42-74(76)72-40-56-24-8-7-22-54(56)38-70(72)68-36-52-20-4-3-18-50(52)34-66(68)64-32-48-16-1-2-17-49(48)33-65(64)67-35-51-19-5-6-21-53(51)37-69(67)71-39-55-23-9-10-25-57(55)41-73(71)75-43-59-27-13-14-29-61(59)45-77(75)79(78)47-63(62)80/h1-47,81H. The van der Waals surface area contributed by atoms with Crippen LogP contribution in [0.3, 0.4) is 0 Å². The Morgan fingerprint density at radius 2 is 0.272 bits per heavy atom. The zero-order chi connectivity index (χ0) is 53.3. The van der Waals surface area contributed by atoms with Gasteiger partial charge in [-0.1, -0.05) is 182 Å². The summed E-state index contributed by atoms with van der Waals surface area (Å²) < 4.78 is 0. The summed E-state index contributed by atoms with van der Waals surface area (Å²) in [5.74, 6) is 0.252. The third-order valence-corrected chi connectivity index (χ3v) is 17.5. The predicted molar refractivity (Wildman–Crippen MR) is 345 cm³/mol. The minimum atomic E-state index is 0.252. The Labute approximate surface area is 468 Å². The second-order valence-electron chi connectivity index (χ2n) is 22.1. The third-order valence-electron chi connectivity index (χ3n) is 17.5. The van der Waals surface area contributed by atoms with Gasteiger partial charge in [0, 0.05) is 5.39 Å². The molecule has 0 saturated carbocycles. The summed E-state index contributed by atoms with van der Waals surface area (Å²) in [7, 11) is 0. The number of fused-ring (bicyclic) bond motifs is 24. The van der Waals surface area contributed by atoms with Crippen molar-refractivity contribution in [2.75, 3.05) is 0 Å². The van der Waals surface area contributed by atoms with Gasteiger partial charge in [0.2, 0.25) is 0 Å². The van der Waals surface area contributed by atoms with Crippen molar-refractivity contribution in [3.63, 3.8) is 0 Å². The van der Waals surface area contributed by atoms with E-state index in [2.05, 4.69) is 273 Å². The molecule has 0 aliphatic heterocycles. The highest BCUT2D eigenvalue weighted by atomic mass is 16.3. The predicted octanol–water partition coefficient (Wildman–Crippen LogP) is 22.3. The molecule has 1 N–H and O–H groups in total. The van der Waals surface area contributed by atoms with Crippen molar-refractivity contribution >= 4 is 86.2 Å². The van der Waals surface area contributed by atoms with Crippen LogP contribution in [0.25, 0.3) is 175 Å². The molecule has 0 unspecified atom stereocenters. The van der Waals surface area contributed by atoms with Gasteiger partial charge < -0.3 is 5.11 Å². The number of phenols is 1. The molecule has 1 heteroatoms. The molecule has 1 nitrogen and oxygen atoms in total. The second-order valence-corrected chi connectivity index (χ2v) is 22.1. The first-order valence-electron chi connectivity index (χ1n) is 28.0. The molecule has 0 radical (unpaired) electrons. The van der Waals surface area contributed by atoms with Crippen LogP contribution in [0.5, 0.6) is 5.75 Å². The van der Waals surface area contributed by atoms with Crippen molar-refractivity contribution in [1.82, 2.24) is 0 Å². The topological polar surface area (TPSA) is 20.2 Å². The Balaban J connectivity index is 1.15. The molecule has 374 valence electrons. The van der Waals surface area contributed by atoms with E-state index in [-0.39, 0.29) is 5.75 Å². The fourth-order valence-corrected chi connectivity index (χ4v) is 13.6. The molecule has 0 atom stereocenters. The summed E-state index contributed by atoms with van der Waals surface area (Å²) in [6, 6.07) is 107. The van der Waals surface area contributed by atoms with E-state index in [1.54, 1.807) is 0 Å². The van der Waals surface area contributed by atoms with Crippen LogP contribution in [0, 0.1) is 0 Å². The van der Waals surface area contributed by atoms with E-state index in [1.165, 1.54) is 54.0 Å². The molecule has 81 heavy (non-hydrogen) atoms. The van der Waals surface area contributed by atoms with Gasteiger partial charge in [-0.2, -0.15) is 0 Å². The summed E-state index contributed by atoms with van der Waals surface area (Å²) in [4.78, 5) is 0. The first kappa shape index (κ1) is 45.4. The highest BCUT2D eigenvalue weighted by Gasteiger charge is 2.27. The third kappa shape index (κ3) is 7.26. The largest absolute Gasteiger partial charge is 0.507 e. The number of hydrogen-bond acceptors (Lipinski definition) is 1. The molecule has 1 aliphatic carbocycles. The molecule has 0 heterocycles. The van der Waals surface area contributed by atoms with Gasteiger partial charge in [0.05, 0.1) is 0 Å². The maximum atomic E-state index is 12.0. The van der Waals surface area contributed by atoms with Crippen LogP contribution >= 0.6 is 0 Å². The lowest BCUT2D eigenvalue weighted by Crippen LogP contribution is -1.98. The van der Waals surface area contributed by atoms with Crippen LogP contribution in [-0.4, -0.2) is 5.11 Å². The monoisotopic (exact) mass is 1020 g/mol. The molecule has 0 amide bonds. The Hall–Kier alpha value is -10.6. The summed E-state index contributed by atoms with van der Waals surface area (Å²) in [5.41, 5.74) is 18.1. The lowest BCUT2D eigenvalue weighted by atomic mass is 9.78. The van der Waals surface area contributed by atoms with Gasteiger partial charge in [-0.05, 0) is 273 Å². The highest BCUT2D eigenvalue weighted by Crippen LogP contribution is 2.54. The first-order chi connectivity index (χ1) is 40.0. The van der Waals surface area contributed by atoms with Crippen LogP contribution in [0.15, 0.2) is 285 Å². The molecule has 0 aromatic heterocycles. The number of phenolic OH excluding ortho intramolecular Hbond substituents is 1. The number of rotatable bonds is 0. The van der Waals surface area contributed by atoms with Crippen LogP contribution in [0.2, 0.25) is 0 Å². The van der Waals surface area contributed by atoms with Crippen molar-refractivity contribution in [3.05, 3.63) is 285 Å². The molecule has 0 fully saturated rings. The van der Waals surface area contributed by atoms with Gasteiger partial charge in [-0.25, -0.2) is 0 Å². The molecule has 17 rings (SSSR count). The van der Waals surface area contributed by atoms with E-state index in [1.807, 2.05) is 12.1 Å². The Morgan fingerprint density at radius 1 is 0.136 bits per heavy atom. The van der Waals surface area contributed by atoms with E-state index in [4.69, 9.17) is 0 Å². The average Bonchev–Trinajstić information content (AvgIpc) is 3.70. The summed E-state index contributed by atoms with van der Waals surface area (Å²) >= 11 is 0. The molecule has 16 aromatic rings. The Bertz CT molecular complexity index is 5320. The number of aromatic hydroxyl groups is 1. The van der Waals surface area contributed by atoms with Gasteiger partial charge in [0.15, 0.2) is 0 Å². The van der Waals surface area contributed by atoms with Gasteiger partial charge in [0.1, 0.15) is 5.75 Å². The van der Waals surface area contributed by atoms with Gasteiger partial charge >= 0.3 is 0 Å². The molecular formula is C80H48O. The molecule has 0 bridgehead atoms. The van der Waals surface area contributed by atoms with Gasteiger partial charge in [0.25, 0.3) is 0 Å². The molecule has 0 spiro atoms. The maximum Gasteiger partial charge on any atom is 0.123 e. The maximum absolute atomic E-state index is 12.0. The molecular weight excluding hydrogens is 977 g/mol. The molecule has 1 aliphatic rings. The summed E-state index contributed by atoms with van der Waals surface area (Å²) in [5, 5.41) is 30.1. The average molecular weight is 1030 g/mol. The van der Waals surface area contributed by atoms with Crippen molar-refractivity contribution in [1.29, 1.82) is 0 Å². The van der Waals surface area contributed by atoms with E-state index >= 15 is 0 Å². The SMILES string of the molecule is Oc1cccc2cc3c(cc12)-c1cc2ccccc2cc1-c1cc2ccccc2cc1-c1cc2ccccc2cc1-c1cc2ccccc2cc1-c1cc2ccccc2cc1-c1cc2ccccc2cc1-c1cc2ccccc2cc1-3. The lowest BCUT2D eigenvalue weighted by molar-refractivity contribution is 0.481. The quantitative estimate of drug-likeness (QED) is 0.160. The Kier molecular flexibility index (Phi) is 9.93. The van der Waals surface area contributed by atoms with E-state index < -0.39 is 0 Å². The number of benzene rings is 16. The fourth-order valence-electron chi connectivity index (χ4n) is 13.6. The fraction of sp³-hybridized carbons (Fsp3) is 0. The van der Waals surface area contributed by atoms with E-state index in [0.29, 0.717) is 0 Å². The van der Waals surface area contributed by atoms with E-state index in [9.17, 15) is 5.11 Å². The van der Waals surface area contributed by atoms with Crippen molar-refractivity contribution in [2.24, 2.45) is 0 Å². The smallest absolute Gasteiger partial charge is 0.123 e. The summed E-state index contributed by atoms with van der Waals surface area (Å²) in [6.07, 6.45) is 0. The van der Waals surface area contributed by atoms with Gasteiger partial charge in [-0.15, -0.1) is 0 Å². The minimum Gasteiger partial charge on any atom is -0.507 e. The molecule has 0 saturated heterocycles. The number of hydrogen-bond donors (Lipinski definition) is 1. The second kappa shape index (κ2) is 17.7. The van der Waals surface area contributed by atoms with Crippen LogP contribution < -0.4 is 0 Å². The van der Waals surface area contributed by atoms with Crippen molar-refractivity contribution < 1.29 is 5.11 Å². The minimum absolute atomic E-state index is 0.252. The Morgan fingerprint density at radius 3 is 0.444 bits per heavy atom. The normalized spacial score (nSPS) is 12.0. The zero-order valence-electron chi connectivity index (χ0n) is 44.1. The van der Waals surface area contributed by atoms with Crippen LogP contribution in [0.1, 0.15) is 0 Å². The van der Waals surface area contributed by atoms with Crippen molar-refractivity contribution in [2.45, 2.75) is 0 Å². The molecule has 16 aromatic carbocycles. The first-order valence-corrected chi connectivity index (χ1v) is 28.0. The van der Waals surface area contributed by atoms with E-state index in [0.717, 1.165) is 121 Å². The summed E-state index contributed by atoms with van der Waals surface area (Å²) in [6.45, 7) is 0. The van der Waals surface area contributed by atoms with Crippen LogP contribution in [-0.2, 0) is 0 Å². The van der Waals surface area contributed by atoms with Crippen LogP contribution in [0.4, 0.5) is 0 Å². The lowest BCUT2D eigenvalue weighted by Gasteiger charge is -2.25. The highest BCUT2D eigenvalue weighted by molar-refractivity contribution is 6.16.